The first-order valence-corrected chi connectivity index (χ1v) is 5.75. The summed E-state index contributed by atoms with van der Waals surface area (Å²) in [5, 5.41) is 13.4. The molecular formula is C11H9ClF3N3O2. The second-order valence-electron chi connectivity index (χ2n) is 4.19. The van der Waals surface area contributed by atoms with Crippen LogP contribution >= 0.6 is 11.6 Å². The maximum absolute atomic E-state index is 12.9. The molecule has 0 fully saturated rings. The van der Waals surface area contributed by atoms with Gasteiger partial charge in [-0.05, 0) is 17.7 Å². The van der Waals surface area contributed by atoms with Gasteiger partial charge in [0.1, 0.15) is 0 Å². The van der Waals surface area contributed by atoms with Gasteiger partial charge in [-0.2, -0.15) is 23.3 Å². The number of benzene rings is 1. The van der Waals surface area contributed by atoms with Gasteiger partial charge in [0.2, 0.25) is 0 Å². The predicted octanol–water partition coefficient (Wildman–Crippen LogP) is 2.08. The highest BCUT2D eigenvalue weighted by molar-refractivity contribution is 6.30. The van der Waals surface area contributed by atoms with Crippen molar-refractivity contribution in [3.8, 4) is 0 Å². The number of rotatable bonds is 1. The van der Waals surface area contributed by atoms with E-state index >= 15 is 0 Å². The molecule has 9 heteroatoms. The van der Waals surface area contributed by atoms with Crippen LogP contribution in [0.15, 0.2) is 29.4 Å². The topological polar surface area (TPSA) is 78.9 Å². The molecule has 0 unspecified atom stereocenters. The van der Waals surface area contributed by atoms with Gasteiger partial charge in [0.15, 0.2) is 0 Å². The fourth-order valence-corrected chi connectivity index (χ4v) is 1.93. The standard InChI is InChI=1S/C11H9ClF3N3O2/c12-7-3-1-6(2-4-7)8-5-10(20,11(13,14)15)18(17-8)9(16)19/h1-4,20H,5H2,(H2,16,19)/t10-/m0/s1. The van der Waals surface area contributed by atoms with E-state index in [1.165, 1.54) is 24.3 Å². The van der Waals surface area contributed by atoms with E-state index in [4.69, 9.17) is 17.3 Å². The Bertz CT molecular complexity index is 573. The molecule has 3 N–H and O–H groups in total. The van der Waals surface area contributed by atoms with Crippen LogP contribution in [-0.2, 0) is 0 Å². The predicted molar refractivity (Wildman–Crippen MR) is 65.0 cm³/mol. The fourth-order valence-electron chi connectivity index (χ4n) is 1.80. The van der Waals surface area contributed by atoms with E-state index in [1.807, 2.05) is 0 Å². The number of primary amides is 1. The second kappa shape index (κ2) is 4.64. The van der Waals surface area contributed by atoms with Crippen molar-refractivity contribution in [1.82, 2.24) is 5.01 Å². The molecule has 0 spiro atoms. The van der Waals surface area contributed by atoms with Crippen molar-refractivity contribution in [2.45, 2.75) is 18.3 Å². The molecule has 0 aromatic heterocycles. The Balaban J connectivity index is 2.42. The largest absolute Gasteiger partial charge is 0.438 e. The number of hydrogen-bond acceptors (Lipinski definition) is 3. The van der Waals surface area contributed by atoms with Crippen LogP contribution in [0, 0.1) is 0 Å². The van der Waals surface area contributed by atoms with Crippen molar-refractivity contribution in [2.75, 3.05) is 0 Å². The zero-order valence-electron chi connectivity index (χ0n) is 9.86. The maximum Gasteiger partial charge on any atom is 0.438 e. The Morgan fingerprint density at radius 3 is 2.35 bits per heavy atom. The summed E-state index contributed by atoms with van der Waals surface area (Å²) in [5.41, 5.74) is 1.59. The third kappa shape index (κ3) is 2.32. The molecule has 2 amide bonds. The number of nitrogens with zero attached hydrogens (tertiary/aromatic N) is 2. The molecule has 1 aromatic carbocycles. The second-order valence-corrected chi connectivity index (χ2v) is 4.63. The van der Waals surface area contributed by atoms with Crippen molar-refractivity contribution in [3.05, 3.63) is 34.9 Å². The van der Waals surface area contributed by atoms with Crippen LogP contribution in [0.2, 0.25) is 5.02 Å². The van der Waals surface area contributed by atoms with Gasteiger partial charge in [0.25, 0.3) is 5.72 Å². The maximum atomic E-state index is 12.9. The van der Waals surface area contributed by atoms with Gasteiger partial charge < -0.3 is 10.8 Å². The van der Waals surface area contributed by atoms with Gasteiger partial charge in [0.05, 0.1) is 12.1 Å². The van der Waals surface area contributed by atoms with E-state index in [9.17, 15) is 23.1 Å². The summed E-state index contributed by atoms with van der Waals surface area (Å²) >= 11 is 5.67. The Labute approximate surface area is 116 Å². The number of halogens is 4. The number of carbonyl (C=O) groups is 1. The third-order valence-electron chi connectivity index (χ3n) is 2.83. The minimum atomic E-state index is -5.08. The first kappa shape index (κ1) is 14.6. The Morgan fingerprint density at radius 2 is 1.95 bits per heavy atom. The van der Waals surface area contributed by atoms with Crippen molar-refractivity contribution >= 4 is 23.3 Å². The van der Waals surface area contributed by atoms with E-state index in [0.717, 1.165) is 0 Å². The first-order chi connectivity index (χ1) is 9.15. The number of hydrazone groups is 1. The Hall–Kier alpha value is -1.80. The highest BCUT2D eigenvalue weighted by atomic mass is 35.5. The minimum absolute atomic E-state index is 0.111. The lowest BCUT2D eigenvalue weighted by Crippen LogP contribution is -2.57. The summed E-state index contributed by atoms with van der Waals surface area (Å²) in [6, 6.07) is 4.29. The van der Waals surface area contributed by atoms with Gasteiger partial charge in [0, 0.05) is 5.02 Å². The summed E-state index contributed by atoms with van der Waals surface area (Å²) in [4.78, 5) is 11.1. The van der Waals surface area contributed by atoms with Crippen LogP contribution < -0.4 is 5.73 Å². The monoisotopic (exact) mass is 307 g/mol. The normalized spacial score (nSPS) is 22.9. The number of urea groups is 1. The van der Waals surface area contributed by atoms with Crippen LogP contribution in [0.25, 0.3) is 0 Å². The zero-order chi connectivity index (χ0) is 15.1. The Kier molecular flexibility index (Phi) is 3.39. The summed E-state index contributed by atoms with van der Waals surface area (Å²) in [5.74, 6) is 0. The number of hydrogen-bond donors (Lipinski definition) is 2. The van der Waals surface area contributed by atoms with Crippen molar-refractivity contribution < 1.29 is 23.1 Å². The lowest BCUT2D eigenvalue weighted by Gasteiger charge is -2.31. The molecule has 5 nitrogen and oxygen atoms in total. The molecule has 108 valence electrons. The molecule has 0 saturated carbocycles. The highest BCUT2D eigenvalue weighted by Gasteiger charge is 2.63. The van der Waals surface area contributed by atoms with Crippen molar-refractivity contribution in [1.29, 1.82) is 0 Å². The van der Waals surface area contributed by atoms with E-state index in [0.29, 0.717) is 10.6 Å². The van der Waals surface area contributed by atoms with E-state index in [-0.39, 0.29) is 10.7 Å². The van der Waals surface area contributed by atoms with Crippen molar-refractivity contribution in [3.63, 3.8) is 0 Å². The van der Waals surface area contributed by atoms with Crippen LogP contribution in [0.4, 0.5) is 18.0 Å². The van der Waals surface area contributed by atoms with Crippen LogP contribution in [0.5, 0.6) is 0 Å². The van der Waals surface area contributed by atoms with Crippen LogP contribution in [0.3, 0.4) is 0 Å². The number of alkyl halides is 3. The molecule has 0 radical (unpaired) electrons. The number of aliphatic hydroxyl groups is 1. The van der Waals surface area contributed by atoms with Gasteiger partial charge in [-0.15, -0.1) is 0 Å². The highest BCUT2D eigenvalue weighted by Crippen LogP contribution is 2.41. The molecule has 0 bridgehead atoms. The van der Waals surface area contributed by atoms with E-state index < -0.39 is 24.4 Å². The van der Waals surface area contributed by atoms with Gasteiger partial charge in [-0.25, -0.2) is 4.79 Å². The molecule has 2 rings (SSSR count). The smallest absolute Gasteiger partial charge is 0.362 e. The molecule has 0 aliphatic carbocycles. The number of carbonyl (C=O) groups excluding carboxylic acids is 1. The molecule has 1 aliphatic rings. The first-order valence-electron chi connectivity index (χ1n) is 5.37. The van der Waals surface area contributed by atoms with Gasteiger partial charge in [-0.3, -0.25) is 0 Å². The average molecular weight is 308 g/mol. The summed E-state index contributed by atoms with van der Waals surface area (Å²) in [6.45, 7) is 0. The van der Waals surface area contributed by atoms with E-state index in [2.05, 4.69) is 5.10 Å². The lowest BCUT2D eigenvalue weighted by molar-refractivity contribution is -0.296. The van der Waals surface area contributed by atoms with Crippen LogP contribution in [0.1, 0.15) is 12.0 Å². The zero-order valence-corrected chi connectivity index (χ0v) is 10.6. The molecule has 20 heavy (non-hydrogen) atoms. The lowest BCUT2D eigenvalue weighted by atomic mass is 10.0. The number of amides is 2. The molecular weight excluding hydrogens is 299 g/mol. The summed E-state index contributed by atoms with van der Waals surface area (Å²) < 4.78 is 38.7. The molecule has 1 aliphatic heterocycles. The van der Waals surface area contributed by atoms with E-state index in [1.54, 1.807) is 0 Å². The van der Waals surface area contributed by atoms with Crippen LogP contribution in [-0.4, -0.2) is 33.8 Å². The molecule has 0 saturated heterocycles. The number of nitrogens with two attached hydrogens (primary N) is 1. The van der Waals surface area contributed by atoms with Gasteiger partial charge in [-0.1, -0.05) is 23.7 Å². The molecule has 1 atom stereocenters. The quantitative estimate of drug-likeness (QED) is 0.833. The van der Waals surface area contributed by atoms with Crippen molar-refractivity contribution in [2.24, 2.45) is 10.8 Å². The average Bonchev–Trinajstić information content (AvgIpc) is 2.69. The minimum Gasteiger partial charge on any atom is -0.362 e. The van der Waals surface area contributed by atoms with Gasteiger partial charge >= 0.3 is 12.2 Å². The molecule has 1 heterocycles. The third-order valence-corrected chi connectivity index (χ3v) is 3.08. The summed E-state index contributed by atoms with van der Waals surface area (Å²) in [6.07, 6.45) is -5.99. The summed E-state index contributed by atoms with van der Waals surface area (Å²) in [7, 11) is 0. The molecule has 1 aromatic rings. The fraction of sp³-hybridized carbons (Fsp3) is 0.273. The Morgan fingerprint density at radius 1 is 1.40 bits per heavy atom. The SMILES string of the molecule is NC(=O)N1N=C(c2ccc(Cl)cc2)C[C@]1(O)C(F)(F)F.